The summed E-state index contributed by atoms with van der Waals surface area (Å²) in [5, 5.41) is 3.77. The molecule has 1 saturated carbocycles. The molecule has 1 aliphatic rings. The molecule has 1 rings (SSSR count). The summed E-state index contributed by atoms with van der Waals surface area (Å²) in [5.41, 5.74) is 0.0377. The maximum absolute atomic E-state index is 6.26. The van der Waals surface area contributed by atoms with Crippen LogP contribution in [0.2, 0.25) is 0 Å². The number of hydrogen-bond acceptors (Lipinski definition) is 2. The van der Waals surface area contributed by atoms with Crippen LogP contribution in [0.25, 0.3) is 0 Å². The van der Waals surface area contributed by atoms with Gasteiger partial charge in [0.2, 0.25) is 0 Å². The first-order chi connectivity index (χ1) is 9.13. The Hall–Kier alpha value is -0.0800. The fourth-order valence-corrected chi connectivity index (χ4v) is 3.89. The molecule has 0 aromatic carbocycles. The normalized spacial score (nSPS) is 26.4. The van der Waals surface area contributed by atoms with Crippen molar-refractivity contribution < 1.29 is 4.74 Å². The van der Waals surface area contributed by atoms with Crippen molar-refractivity contribution in [3.63, 3.8) is 0 Å². The van der Waals surface area contributed by atoms with E-state index in [0.717, 1.165) is 37.8 Å². The largest absolute Gasteiger partial charge is 0.374 e. The smallest absolute Gasteiger partial charge is 0.0832 e. The summed E-state index contributed by atoms with van der Waals surface area (Å²) in [6.07, 6.45) is 7.74. The quantitative estimate of drug-likeness (QED) is 0.706. The lowest BCUT2D eigenvalue weighted by Crippen LogP contribution is -2.56. The van der Waals surface area contributed by atoms with E-state index in [2.05, 4.69) is 39.9 Å². The predicted molar refractivity (Wildman–Crippen MR) is 83.5 cm³/mol. The fourth-order valence-electron chi connectivity index (χ4n) is 3.89. The summed E-state index contributed by atoms with van der Waals surface area (Å²) >= 11 is 0. The van der Waals surface area contributed by atoms with Crippen LogP contribution in [0.3, 0.4) is 0 Å². The summed E-state index contributed by atoms with van der Waals surface area (Å²) < 4.78 is 6.26. The van der Waals surface area contributed by atoms with Gasteiger partial charge in [0.05, 0.1) is 5.60 Å². The van der Waals surface area contributed by atoms with E-state index in [1.54, 1.807) is 0 Å². The van der Waals surface area contributed by atoms with Crippen molar-refractivity contribution in [1.29, 1.82) is 0 Å². The molecule has 1 N–H and O–H groups in total. The lowest BCUT2D eigenvalue weighted by Gasteiger charge is -2.45. The first kappa shape index (κ1) is 17.0. The number of likely N-dealkylation sites (N-methyl/N-ethyl adjacent to an activating group) is 1. The van der Waals surface area contributed by atoms with Gasteiger partial charge in [0.15, 0.2) is 0 Å². The van der Waals surface area contributed by atoms with Crippen LogP contribution in [-0.2, 0) is 4.74 Å². The van der Waals surface area contributed by atoms with Gasteiger partial charge in [-0.2, -0.15) is 0 Å². The van der Waals surface area contributed by atoms with Crippen LogP contribution in [0.1, 0.15) is 73.1 Å². The second kappa shape index (κ2) is 8.26. The van der Waals surface area contributed by atoms with Crippen LogP contribution >= 0.6 is 0 Å². The number of nitrogens with one attached hydrogen (secondary N) is 1. The number of ether oxygens (including phenoxy) is 1. The van der Waals surface area contributed by atoms with Crippen LogP contribution < -0.4 is 5.32 Å². The lowest BCUT2D eigenvalue weighted by atomic mass is 9.72. The van der Waals surface area contributed by atoms with Crippen molar-refractivity contribution in [1.82, 2.24) is 5.32 Å². The lowest BCUT2D eigenvalue weighted by molar-refractivity contribution is -0.0895. The molecule has 0 heterocycles. The molecule has 1 atom stereocenters. The van der Waals surface area contributed by atoms with Crippen LogP contribution in [0, 0.1) is 11.8 Å². The molecule has 1 aliphatic carbocycles. The van der Waals surface area contributed by atoms with Gasteiger partial charge in [0.1, 0.15) is 0 Å². The monoisotopic (exact) mass is 269 g/mol. The van der Waals surface area contributed by atoms with E-state index < -0.39 is 0 Å². The Bertz CT molecular complexity index is 229. The average molecular weight is 269 g/mol. The zero-order chi connectivity index (χ0) is 14.3. The van der Waals surface area contributed by atoms with Gasteiger partial charge in [-0.25, -0.2) is 0 Å². The molecule has 0 saturated heterocycles. The van der Waals surface area contributed by atoms with E-state index in [-0.39, 0.29) is 5.60 Å². The molecule has 0 spiro atoms. The molecule has 1 fully saturated rings. The molecule has 2 heteroatoms. The minimum absolute atomic E-state index is 0.0377. The molecule has 2 nitrogen and oxygen atoms in total. The van der Waals surface area contributed by atoms with Crippen molar-refractivity contribution in [2.75, 3.05) is 13.2 Å². The van der Waals surface area contributed by atoms with Gasteiger partial charge in [0, 0.05) is 12.6 Å². The van der Waals surface area contributed by atoms with E-state index in [9.17, 15) is 0 Å². The van der Waals surface area contributed by atoms with Gasteiger partial charge in [-0.1, -0.05) is 40.5 Å². The van der Waals surface area contributed by atoms with Crippen molar-refractivity contribution in [3.05, 3.63) is 0 Å². The molecule has 114 valence electrons. The topological polar surface area (TPSA) is 21.3 Å². The minimum Gasteiger partial charge on any atom is -0.374 e. The molecule has 1 unspecified atom stereocenters. The Labute approximate surface area is 120 Å². The minimum atomic E-state index is 0.0377. The van der Waals surface area contributed by atoms with E-state index in [1.807, 2.05) is 0 Å². The zero-order valence-electron chi connectivity index (χ0n) is 13.8. The first-order valence-electron chi connectivity index (χ1n) is 8.50. The van der Waals surface area contributed by atoms with Crippen LogP contribution in [0.4, 0.5) is 0 Å². The van der Waals surface area contributed by atoms with Gasteiger partial charge in [0.25, 0.3) is 0 Å². The molecule has 0 radical (unpaired) electrons. The Kier molecular flexibility index (Phi) is 7.38. The molecular formula is C17H35NO. The fraction of sp³-hybridized carbons (Fsp3) is 1.00. The maximum Gasteiger partial charge on any atom is 0.0832 e. The average Bonchev–Trinajstić information content (AvgIpc) is 2.44. The van der Waals surface area contributed by atoms with Crippen molar-refractivity contribution >= 4 is 0 Å². The Morgan fingerprint density at radius 1 is 1.05 bits per heavy atom. The highest BCUT2D eigenvalue weighted by molar-refractivity contribution is 4.96. The number of rotatable bonds is 8. The Balaban J connectivity index is 2.83. The second-order valence-corrected chi connectivity index (χ2v) is 6.26. The molecule has 0 aromatic rings. The third-order valence-corrected chi connectivity index (χ3v) is 5.15. The van der Waals surface area contributed by atoms with E-state index in [4.69, 9.17) is 4.74 Å². The van der Waals surface area contributed by atoms with E-state index >= 15 is 0 Å². The van der Waals surface area contributed by atoms with Crippen LogP contribution in [0.15, 0.2) is 0 Å². The molecule has 0 aliphatic heterocycles. The molecule has 0 bridgehead atoms. The number of hydrogen-bond donors (Lipinski definition) is 1. The summed E-state index contributed by atoms with van der Waals surface area (Å²) in [7, 11) is 0. The van der Waals surface area contributed by atoms with Crippen LogP contribution in [-0.4, -0.2) is 24.8 Å². The first-order valence-corrected chi connectivity index (χ1v) is 8.50. The molecule has 0 aromatic heterocycles. The van der Waals surface area contributed by atoms with Gasteiger partial charge in [-0.15, -0.1) is 0 Å². The van der Waals surface area contributed by atoms with Crippen LogP contribution in [0.5, 0.6) is 0 Å². The predicted octanol–water partition coefficient (Wildman–Crippen LogP) is 4.39. The molecular weight excluding hydrogens is 234 g/mol. The third kappa shape index (κ3) is 4.19. The molecule has 0 amide bonds. The van der Waals surface area contributed by atoms with Gasteiger partial charge in [-0.3, -0.25) is 0 Å². The molecule has 19 heavy (non-hydrogen) atoms. The maximum atomic E-state index is 6.26. The highest BCUT2D eigenvalue weighted by atomic mass is 16.5. The SMILES string of the molecule is CCNC(C1CCC(C)CC1)C(CC)(CC)OCC. The van der Waals surface area contributed by atoms with E-state index in [0.29, 0.717) is 6.04 Å². The second-order valence-electron chi connectivity index (χ2n) is 6.26. The summed E-state index contributed by atoms with van der Waals surface area (Å²) in [5.74, 6) is 1.71. The van der Waals surface area contributed by atoms with Crippen molar-refractivity contribution in [2.45, 2.75) is 84.8 Å². The van der Waals surface area contributed by atoms with Gasteiger partial charge >= 0.3 is 0 Å². The van der Waals surface area contributed by atoms with Crippen molar-refractivity contribution in [2.24, 2.45) is 11.8 Å². The van der Waals surface area contributed by atoms with Gasteiger partial charge in [-0.05, 0) is 51.0 Å². The Morgan fingerprint density at radius 3 is 2.05 bits per heavy atom. The Morgan fingerprint density at radius 2 is 1.63 bits per heavy atom. The van der Waals surface area contributed by atoms with Gasteiger partial charge < -0.3 is 10.1 Å². The highest BCUT2D eigenvalue weighted by Crippen LogP contribution is 2.38. The summed E-state index contributed by atoms with van der Waals surface area (Å²) in [6.45, 7) is 13.2. The third-order valence-electron chi connectivity index (χ3n) is 5.15. The van der Waals surface area contributed by atoms with E-state index in [1.165, 1.54) is 25.7 Å². The standard InChI is InChI=1S/C17H35NO/c1-6-17(7-2,19-9-4)16(18-8-3)15-12-10-14(5)11-13-15/h14-16,18H,6-13H2,1-5H3. The summed E-state index contributed by atoms with van der Waals surface area (Å²) in [6, 6.07) is 0.528. The summed E-state index contributed by atoms with van der Waals surface area (Å²) in [4.78, 5) is 0. The highest BCUT2D eigenvalue weighted by Gasteiger charge is 2.41. The zero-order valence-corrected chi connectivity index (χ0v) is 13.8. The van der Waals surface area contributed by atoms with Crippen molar-refractivity contribution in [3.8, 4) is 0 Å².